The molecule has 0 atom stereocenters. The van der Waals surface area contributed by atoms with Gasteiger partial charge in [0.1, 0.15) is 17.0 Å². The van der Waals surface area contributed by atoms with Gasteiger partial charge < -0.3 is 9.30 Å². The maximum atomic E-state index is 13.1. The van der Waals surface area contributed by atoms with Crippen LogP contribution >= 0.6 is 11.6 Å². The Morgan fingerprint density at radius 2 is 1.83 bits per heavy atom. The van der Waals surface area contributed by atoms with Crippen LogP contribution in [0.3, 0.4) is 0 Å². The van der Waals surface area contributed by atoms with Gasteiger partial charge in [-0.25, -0.2) is 13.2 Å². The molecule has 0 fully saturated rings. The van der Waals surface area contributed by atoms with E-state index >= 15 is 0 Å². The van der Waals surface area contributed by atoms with Gasteiger partial charge in [0.25, 0.3) is 15.6 Å². The molecule has 11 heteroatoms. The molecule has 0 spiro atoms. The summed E-state index contributed by atoms with van der Waals surface area (Å²) in [6, 6.07) is 5.30. The average molecular weight is 454 g/mol. The van der Waals surface area contributed by atoms with E-state index in [-0.39, 0.29) is 24.8 Å². The molecule has 0 saturated heterocycles. The molecule has 9 nitrogen and oxygen atoms in total. The third-order valence-corrected chi connectivity index (χ3v) is 6.00. The first-order valence-corrected chi connectivity index (χ1v) is 10.7. The lowest BCUT2D eigenvalue weighted by molar-refractivity contribution is -0.155. The molecule has 0 N–H and O–H groups in total. The Kier molecular flexibility index (Phi) is 5.42. The van der Waals surface area contributed by atoms with Crippen LogP contribution in [0.1, 0.15) is 20.8 Å². The number of aryl methyl sites for hydroxylation is 1. The highest BCUT2D eigenvalue weighted by Crippen LogP contribution is 2.18. The largest absolute Gasteiger partial charge is 0.459 e. The van der Waals surface area contributed by atoms with E-state index < -0.39 is 39.4 Å². The fourth-order valence-electron chi connectivity index (χ4n) is 2.92. The third-order valence-electron chi connectivity index (χ3n) is 4.12. The second kappa shape index (κ2) is 7.44. The average Bonchev–Trinajstić information content (AvgIpc) is 3.04. The molecule has 0 radical (unpaired) electrons. The summed E-state index contributed by atoms with van der Waals surface area (Å²) in [6.45, 7) is 4.37. The Balaban J connectivity index is 2.33. The summed E-state index contributed by atoms with van der Waals surface area (Å²) >= 11 is 6.01. The number of ether oxygens (including phenoxy) is 1. The van der Waals surface area contributed by atoms with Gasteiger partial charge in [0.2, 0.25) is 0 Å². The summed E-state index contributed by atoms with van der Waals surface area (Å²) in [7, 11) is -2.91. The molecule has 1 aromatic carbocycles. The fourth-order valence-corrected chi connectivity index (χ4v) is 4.45. The zero-order valence-corrected chi connectivity index (χ0v) is 18.3. The van der Waals surface area contributed by atoms with E-state index in [1.54, 1.807) is 27.8 Å². The smallest absolute Gasteiger partial charge is 0.346 e. The molecule has 0 aliphatic rings. The van der Waals surface area contributed by atoms with Crippen LogP contribution in [0.15, 0.2) is 51.1 Å². The summed E-state index contributed by atoms with van der Waals surface area (Å²) in [5.41, 5.74) is -3.01. The van der Waals surface area contributed by atoms with Gasteiger partial charge in [-0.3, -0.25) is 14.2 Å². The van der Waals surface area contributed by atoms with Crippen molar-refractivity contribution < 1.29 is 17.9 Å². The van der Waals surface area contributed by atoms with Crippen LogP contribution in [0.4, 0.5) is 0 Å². The molecule has 30 heavy (non-hydrogen) atoms. The first-order valence-electron chi connectivity index (χ1n) is 8.86. The highest BCUT2D eigenvalue weighted by atomic mass is 35.5. The minimum atomic E-state index is -4.51. The lowest BCUT2D eigenvalue weighted by Gasteiger charge is -2.20. The summed E-state index contributed by atoms with van der Waals surface area (Å²) in [5, 5.41) is 0.130. The number of fused-ring (bicyclic) bond motifs is 1. The molecular weight excluding hydrogens is 434 g/mol. The summed E-state index contributed by atoms with van der Waals surface area (Å²) in [6.07, 6.45) is 2.74. The van der Waals surface area contributed by atoms with Gasteiger partial charge in [-0.1, -0.05) is 11.6 Å². The maximum absolute atomic E-state index is 13.1. The second-order valence-corrected chi connectivity index (χ2v) is 9.93. The molecular formula is C19H20ClN3O6S. The molecule has 0 bridgehead atoms. The van der Waals surface area contributed by atoms with Crippen LogP contribution in [-0.2, 0) is 33.1 Å². The molecule has 2 heterocycles. The zero-order valence-electron chi connectivity index (χ0n) is 16.7. The highest BCUT2D eigenvalue weighted by Gasteiger charge is 2.27. The molecule has 0 saturated carbocycles. The summed E-state index contributed by atoms with van der Waals surface area (Å²) in [4.78, 5) is 38.2. The van der Waals surface area contributed by atoms with Crippen molar-refractivity contribution in [1.29, 1.82) is 0 Å². The van der Waals surface area contributed by atoms with Crippen LogP contribution in [0.25, 0.3) is 10.9 Å². The van der Waals surface area contributed by atoms with Crippen LogP contribution in [-0.4, -0.2) is 33.1 Å². The quantitative estimate of drug-likeness (QED) is 0.556. The number of benzene rings is 1. The number of aromatic nitrogens is 3. The van der Waals surface area contributed by atoms with Gasteiger partial charge in [0.15, 0.2) is 0 Å². The van der Waals surface area contributed by atoms with Crippen molar-refractivity contribution >= 4 is 38.5 Å². The van der Waals surface area contributed by atoms with E-state index in [4.69, 9.17) is 16.3 Å². The van der Waals surface area contributed by atoms with Gasteiger partial charge in [-0.2, -0.15) is 0 Å². The van der Waals surface area contributed by atoms with E-state index in [2.05, 4.69) is 0 Å². The Labute approximate surface area is 177 Å². The molecule has 0 amide bonds. The molecule has 160 valence electrons. The van der Waals surface area contributed by atoms with E-state index in [0.717, 1.165) is 4.57 Å². The molecule has 3 rings (SSSR count). The topological polar surface area (TPSA) is 109 Å². The van der Waals surface area contributed by atoms with Gasteiger partial charge in [-0.15, -0.1) is 3.97 Å². The lowest BCUT2D eigenvalue weighted by Crippen LogP contribution is -2.45. The Bertz CT molecular complexity index is 1380. The number of nitrogens with zero attached hydrogens (tertiary/aromatic N) is 3. The van der Waals surface area contributed by atoms with Crippen molar-refractivity contribution in [2.24, 2.45) is 7.05 Å². The normalized spacial score (nSPS) is 12.3. The highest BCUT2D eigenvalue weighted by molar-refractivity contribution is 7.90. The number of hydrogen-bond acceptors (Lipinski definition) is 6. The van der Waals surface area contributed by atoms with E-state index in [1.807, 2.05) is 0 Å². The van der Waals surface area contributed by atoms with E-state index in [1.165, 1.54) is 41.2 Å². The van der Waals surface area contributed by atoms with Crippen molar-refractivity contribution in [2.75, 3.05) is 0 Å². The number of carbonyl (C=O) groups is 1. The first-order chi connectivity index (χ1) is 13.8. The molecule has 0 aliphatic carbocycles. The predicted molar refractivity (Wildman–Crippen MR) is 111 cm³/mol. The van der Waals surface area contributed by atoms with Gasteiger partial charge >= 0.3 is 11.7 Å². The number of rotatable bonds is 4. The van der Waals surface area contributed by atoms with Crippen LogP contribution in [0.2, 0.25) is 5.02 Å². The number of esters is 1. The standard InChI is InChI=1S/C19H20ClN3O6S/c1-19(2,3)29-16(24)11-22-15-9-12(20)5-6-14(15)17(25)23(18(22)26)30(27,28)13-7-8-21(4)10-13/h5-10H,11H2,1-4H3. The lowest BCUT2D eigenvalue weighted by atomic mass is 10.2. The van der Waals surface area contributed by atoms with Crippen molar-refractivity contribution in [3.63, 3.8) is 0 Å². The minimum Gasteiger partial charge on any atom is -0.459 e. The fraction of sp³-hybridized carbons (Fsp3) is 0.316. The monoisotopic (exact) mass is 453 g/mol. The van der Waals surface area contributed by atoms with E-state index in [9.17, 15) is 22.8 Å². The van der Waals surface area contributed by atoms with Crippen molar-refractivity contribution in [2.45, 2.75) is 37.8 Å². The SMILES string of the molecule is Cn1ccc(S(=O)(=O)n2c(=O)c3ccc(Cl)cc3n(CC(=O)OC(C)(C)C)c2=O)c1. The molecule has 0 unspecified atom stereocenters. The van der Waals surface area contributed by atoms with Crippen molar-refractivity contribution in [3.05, 3.63) is 62.5 Å². The van der Waals surface area contributed by atoms with Crippen LogP contribution in [0, 0.1) is 0 Å². The summed E-state index contributed by atoms with van der Waals surface area (Å²) < 4.78 is 33.9. The third kappa shape index (κ3) is 4.05. The molecule has 2 aromatic heterocycles. The number of halogens is 1. The number of hydrogen-bond donors (Lipinski definition) is 0. The summed E-state index contributed by atoms with van der Waals surface area (Å²) in [5.74, 6) is -0.770. The Hall–Kier alpha value is -2.85. The van der Waals surface area contributed by atoms with Gasteiger partial charge in [0.05, 0.1) is 10.9 Å². The molecule has 0 aliphatic heterocycles. The predicted octanol–water partition coefficient (Wildman–Crippen LogP) is 1.73. The van der Waals surface area contributed by atoms with Gasteiger partial charge in [0, 0.05) is 24.5 Å². The zero-order chi connectivity index (χ0) is 22.4. The van der Waals surface area contributed by atoms with Gasteiger partial charge in [-0.05, 0) is 45.0 Å². The van der Waals surface area contributed by atoms with E-state index in [0.29, 0.717) is 0 Å². The van der Waals surface area contributed by atoms with Crippen molar-refractivity contribution in [1.82, 2.24) is 13.1 Å². The Morgan fingerprint density at radius 3 is 2.40 bits per heavy atom. The van der Waals surface area contributed by atoms with Crippen LogP contribution < -0.4 is 11.2 Å². The second-order valence-electron chi connectivity index (χ2n) is 7.70. The first kappa shape index (κ1) is 21.8. The maximum Gasteiger partial charge on any atom is 0.346 e. The Morgan fingerprint density at radius 1 is 1.17 bits per heavy atom. The minimum absolute atomic E-state index is 0.0304. The van der Waals surface area contributed by atoms with Crippen molar-refractivity contribution in [3.8, 4) is 0 Å². The molecule has 3 aromatic rings. The van der Waals surface area contributed by atoms with Crippen LogP contribution in [0.5, 0.6) is 0 Å². The number of carbonyl (C=O) groups excluding carboxylic acids is 1.